The lowest BCUT2D eigenvalue weighted by Crippen LogP contribution is -2.26. The molecule has 0 spiro atoms. The van der Waals surface area contributed by atoms with Crippen molar-refractivity contribution >= 4 is 29.5 Å². The number of nitrogens with zero attached hydrogens (tertiary/aromatic N) is 1. The van der Waals surface area contributed by atoms with Crippen LogP contribution in [0.1, 0.15) is 20.7 Å². The number of carbonyl (C=O) groups excluding carboxylic acids is 2. The van der Waals surface area contributed by atoms with E-state index < -0.39 is 0 Å². The minimum atomic E-state index is -0.337. The number of thiocarbonyl (C=S) groups is 1. The summed E-state index contributed by atoms with van der Waals surface area (Å²) < 4.78 is 0. The first kappa shape index (κ1) is 8.07. The van der Waals surface area contributed by atoms with Gasteiger partial charge in [0, 0.05) is 0 Å². The van der Waals surface area contributed by atoms with Gasteiger partial charge in [0.2, 0.25) is 0 Å². The van der Waals surface area contributed by atoms with Crippen LogP contribution in [0.25, 0.3) is 0 Å². The van der Waals surface area contributed by atoms with E-state index in [9.17, 15) is 9.59 Å². The summed E-state index contributed by atoms with van der Waals surface area (Å²) in [5.74, 6) is -0.675. The topological polar surface area (TPSA) is 37.4 Å². The normalized spacial score (nSPS) is 14.6. The fourth-order valence-corrected chi connectivity index (χ4v) is 1.50. The molecule has 2 amide bonds. The van der Waals surface area contributed by atoms with Crippen LogP contribution in [-0.2, 0) is 0 Å². The molecule has 1 heterocycles. The Balaban J connectivity index is 2.63. The van der Waals surface area contributed by atoms with Crippen LogP contribution in [0.5, 0.6) is 0 Å². The van der Waals surface area contributed by atoms with Gasteiger partial charge in [0.15, 0.2) is 0 Å². The van der Waals surface area contributed by atoms with Gasteiger partial charge < -0.3 is 0 Å². The number of imide groups is 1. The standard InChI is InChI=1S/C9H5NO2S/c11-8-6-3-1-2-4-7(6)9(12)10(8)5-13/h1-5H. The second-order valence-corrected chi connectivity index (χ2v) is 2.84. The van der Waals surface area contributed by atoms with Crippen molar-refractivity contribution in [3.8, 4) is 0 Å². The lowest BCUT2D eigenvalue weighted by atomic mass is 10.1. The molecule has 4 heteroatoms. The molecule has 0 radical (unpaired) electrons. The molecule has 0 aliphatic carbocycles. The summed E-state index contributed by atoms with van der Waals surface area (Å²) in [4.78, 5) is 23.8. The molecule has 0 atom stereocenters. The molecule has 0 unspecified atom stereocenters. The van der Waals surface area contributed by atoms with E-state index in [0.29, 0.717) is 11.1 Å². The fourth-order valence-electron chi connectivity index (χ4n) is 1.30. The van der Waals surface area contributed by atoms with Crippen LogP contribution in [-0.4, -0.2) is 22.2 Å². The average molecular weight is 191 g/mol. The Hall–Kier alpha value is -1.55. The first-order valence-corrected chi connectivity index (χ1v) is 4.15. The van der Waals surface area contributed by atoms with Crippen LogP contribution in [0.4, 0.5) is 0 Å². The maximum absolute atomic E-state index is 11.4. The molecule has 64 valence electrons. The van der Waals surface area contributed by atoms with Gasteiger partial charge in [-0.05, 0) is 12.1 Å². The van der Waals surface area contributed by atoms with Crippen molar-refractivity contribution in [2.45, 2.75) is 0 Å². The number of rotatable bonds is 1. The summed E-state index contributed by atoms with van der Waals surface area (Å²) in [6.07, 6.45) is 0. The minimum absolute atomic E-state index is 0.337. The SMILES string of the molecule is O=C1c2ccccc2C(=O)N1C=S. The van der Waals surface area contributed by atoms with Crippen LogP contribution >= 0.6 is 12.2 Å². The van der Waals surface area contributed by atoms with Gasteiger partial charge in [0.05, 0.1) is 16.6 Å². The molecule has 0 fully saturated rings. The predicted octanol–water partition coefficient (Wildman–Crippen LogP) is 1.24. The van der Waals surface area contributed by atoms with E-state index in [1.807, 2.05) is 0 Å². The van der Waals surface area contributed by atoms with Crippen LogP contribution in [0.15, 0.2) is 24.3 Å². The van der Waals surface area contributed by atoms with Crippen LogP contribution in [0, 0.1) is 0 Å². The van der Waals surface area contributed by atoms with Crippen molar-refractivity contribution in [2.75, 3.05) is 0 Å². The molecule has 13 heavy (non-hydrogen) atoms. The summed E-state index contributed by atoms with van der Waals surface area (Å²) in [7, 11) is 0. The average Bonchev–Trinajstić information content (AvgIpc) is 2.41. The highest BCUT2D eigenvalue weighted by molar-refractivity contribution is 7.78. The Kier molecular flexibility index (Phi) is 1.70. The maximum Gasteiger partial charge on any atom is 0.266 e. The Morgan fingerprint density at radius 3 is 1.92 bits per heavy atom. The highest BCUT2D eigenvalue weighted by Crippen LogP contribution is 2.20. The molecule has 1 aliphatic heterocycles. The third-order valence-corrected chi connectivity index (χ3v) is 2.14. The molecule has 0 saturated heterocycles. The third-order valence-electron chi connectivity index (χ3n) is 1.93. The minimum Gasteiger partial charge on any atom is -0.268 e. The van der Waals surface area contributed by atoms with E-state index in [1.54, 1.807) is 24.3 Å². The Labute approximate surface area is 80.0 Å². The van der Waals surface area contributed by atoms with Gasteiger partial charge in [0.1, 0.15) is 0 Å². The number of hydrogen-bond donors (Lipinski definition) is 0. The van der Waals surface area contributed by atoms with E-state index in [0.717, 1.165) is 10.4 Å². The zero-order valence-electron chi connectivity index (χ0n) is 6.56. The van der Waals surface area contributed by atoms with Crippen molar-refractivity contribution in [3.05, 3.63) is 35.4 Å². The molecule has 0 N–H and O–H groups in total. The Morgan fingerprint density at radius 2 is 1.54 bits per heavy atom. The molecular weight excluding hydrogens is 186 g/mol. The lowest BCUT2D eigenvalue weighted by Gasteiger charge is -2.02. The molecule has 0 saturated carbocycles. The van der Waals surface area contributed by atoms with Crippen molar-refractivity contribution in [1.82, 2.24) is 4.90 Å². The first-order chi connectivity index (χ1) is 6.25. The van der Waals surface area contributed by atoms with Gasteiger partial charge >= 0.3 is 0 Å². The highest BCUT2D eigenvalue weighted by Gasteiger charge is 2.33. The lowest BCUT2D eigenvalue weighted by molar-refractivity contribution is 0.0757. The molecular formula is C9H5NO2S. The van der Waals surface area contributed by atoms with E-state index in [2.05, 4.69) is 12.2 Å². The third kappa shape index (κ3) is 0.990. The smallest absolute Gasteiger partial charge is 0.266 e. The first-order valence-electron chi connectivity index (χ1n) is 3.68. The van der Waals surface area contributed by atoms with Crippen LogP contribution < -0.4 is 0 Å². The van der Waals surface area contributed by atoms with Gasteiger partial charge in [-0.2, -0.15) is 0 Å². The molecule has 1 aromatic carbocycles. The molecule has 2 rings (SSSR count). The number of benzene rings is 1. The quantitative estimate of drug-likeness (QED) is 0.495. The van der Waals surface area contributed by atoms with Gasteiger partial charge in [-0.3, -0.25) is 9.59 Å². The van der Waals surface area contributed by atoms with Crippen molar-refractivity contribution < 1.29 is 9.59 Å². The number of amides is 2. The van der Waals surface area contributed by atoms with E-state index in [1.165, 1.54) is 0 Å². The largest absolute Gasteiger partial charge is 0.268 e. The van der Waals surface area contributed by atoms with Crippen molar-refractivity contribution in [3.63, 3.8) is 0 Å². The molecule has 1 aliphatic rings. The zero-order valence-corrected chi connectivity index (χ0v) is 7.38. The highest BCUT2D eigenvalue weighted by atomic mass is 32.1. The second kappa shape index (κ2) is 2.74. The molecule has 3 nitrogen and oxygen atoms in total. The number of carbonyl (C=O) groups is 2. The Bertz CT molecular complexity index is 379. The summed E-state index contributed by atoms with van der Waals surface area (Å²) in [6.45, 7) is 0. The maximum atomic E-state index is 11.4. The predicted molar refractivity (Wildman–Crippen MR) is 50.6 cm³/mol. The molecule has 1 aromatic rings. The summed E-state index contributed by atoms with van der Waals surface area (Å²) in [5.41, 5.74) is 1.92. The fraction of sp³-hybridized carbons (Fsp3) is 0. The summed E-state index contributed by atoms with van der Waals surface area (Å²) in [5, 5.41) is 0. The molecule has 0 bridgehead atoms. The van der Waals surface area contributed by atoms with E-state index in [4.69, 9.17) is 0 Å². The monoisotopic (exact) mass is 191 g/mol. The number of fused-ring (bicyclic) bond motifs is 1. The summed E-state index contributed by atoms with van der Waals surface area (Å²) in [6, 6.07) is 6.68. The Morgan fingerprint density at radius 1 is 1.08 bits per heavy atom. The molecule has 0 aromatic heterocycles. The van der Waals surface area contributed by atoms with E-state index in [-0.39, 0.29) is 11.8 Å². The van der Waals surface area contributed by atoms with Crippen molar-refractivity contribution in [2.24, 2.45) is 0 Å². The zero-order chi connectivity index (χ0) is 9.42. The van der Waals surface area contributed by atoms with Gasteiger partial charge in [0.25, 0.3) is 11.8 Å². The van der Waals surface area contributed by atoms with Crippen LogP contribution in [0.3, 0.4) is 0 Å². The van der Waals surface area contributed by atoms with Gasteiger partial charge in [-0.25, -0.2) is 4.90 Å². The van der Waals surface area contributed by atoms with Crippen molar-refractivity contribution in [1.29, 1.82) is 0 Å². The second-order valence-electron chi connectivity index (χ2n) is 2.63. The van der Waals surface area contributed by atoms with Gasteiger partial charge in [-0.15, -0.1) is 0 Å². The number of hydrogen-bond acceptors (Lipinski definition) is 3. The summed E-state index contributed by atoms with van der Waals surface area (Å²) >= 11 is 4.57. The van der Waals surface area contributed by atoms with Crippen LogP contribution in [0.2, 0.25) is 0 Å². The van der Waals surface area contributed by atoms with E-state index >= 15 is 0 Å². The van der Waals surface area contributed by atoms with Gasteiger partial charge in [-0.1, -0.05) is 24.4 Å².